The summed E-state index contributed by atoms with van der Waals surface area (Å²) in [7, 11) is 0. The molecule has 0 aromatic rings. The Morgan fingerprint density at radius 3 is 3.00 bits per heavy atom. The van der Waals surface area contributed by atoms with E-state index in [1.54, 1.807) is 0 Å². The Bertz CT molecular complexity index is 189. The van der Waals surface area contributed by atoms with Crippen molar-refractivity contribution in [2.75, 3.05) is 5.75 Å². The molecule has 0 N–H and O–H groups in total. The molecule has 1 saturated heterocycles. The van der Waals surface area contributed by atoms with E-state index in [2.05, 4.69) is 0 Å². The summed E-state index contributed by atoms with van der Waals surface area (Å²) in [6, 6.07) is 0. The summed E-state index contributed by atoms with van der Waals surface area (Å²) < 4.78 is 0. The van der Waals surface area contributed by atoms with Crippen LogP contribution in [0.1, 0.15) is 32.6 Å². The number of rotatable bonds is 3. The van der Waals surface area contributed by atoms with E-state index >= 15 is 0 Å². The molecule has 1 atom stereocenters. The van der Waals surface area contributed by atoms with E-state index in [0.29, 0.717) is 6.42 Å². The lowest BCUT2D eigenvalue weighted by Gasteiger charge is -2.17. The Morgan fingerprint density at radius 1 is 1.67 bits per heavy atom. The minimum Gasteiger partial charge on any atom is -0.299 e. The summed E-state index contributed by atoms with van der Waals surface area (Å²) in [6.07, 6.45) is 3.21. The van der Waals surface area contributed by atoms with E-state index in [4.69, 9.17) is 0 Å². The van der Waals surface area contributed by atoms with E-state index in [1.807, 2.05) is 6.92 Å². The van der Waals surface area contributed by atoms with Gasteiger partial charge in [0, 0.05) is 12.2 Å². The molecule has 1 unspecified atom stereocenters. The van der Waals surface area contributed by atoms with Crippen molar-refractivity contribution in [3.63, 3.8) is 0 Å². The summed E-state index contributed by atoms with van der Waals surface area (Å²) in [4.78, 5) is 22.6. The molecule has 1 heterocycles. The van der Waals surface area contributed by atoms with Crippen molar-refractivity contribution >= 4 is 22.7 Å². The maximum atomic E-state index is 11.4. The van der Waals surface area contributed by atoms with Gasteiger partial charge in [-0.2, -0.15) is 0 Å². The fraction of sp³-hybridized carbons (Fsp3) is 0.778. The van der Waals surface area contributed by atoms with Crippen molar-refractivity contribution in [3.05, 3.63) is 0 Å². The van der Waals surface area contributed by atoms with Crippen LogP contribution in [0, 0.1) is 5.92 Å². The number of carbonyl (C=O) groups is 2. The number of ketones is 1. The third-order valence-electron chi connectivity index (χ3n) is 2.05. The van der Waals surface area contributed by atoms with Crippen LogP contribution in [0.3, 0.4) is 0 Å². The summed E-state index contributed by atoms with van der Waals surface area (Å²) in [5.41, 5.74) is 0. The zero-order valence-corrected chi connectivity index (χ0v) is 8.15. The maximum Gasteiger partial charge on any atom is 0.199 e. The summed E-state index contributed by atoms with van der Waals surface area (Å²) in [6.45, 7) is 1.97. The molecule has 1 rings (SSSR count). The third-order valence-corrected chi connectivity index (χ3v) is 3.11. The number of Topliss-reactive ketones (excluding diaryl/α,β-unsaturated/α-hetero) is 1. The fourth-order valence-corrected chi connectivity index (χ4v) is 2.35. The van der Waals surface area contributed by atoms with Gasteiger partial charge in [-0.1, -0.05) is 18.7 Å². The lowest BCUT2D eigenvalue weighted by atomic mass is 9.97. The second kappa shape index (κ2) is 4.65. The number of carbonyl (C=O) groups excluding carboxylic acids is 2. The molecule has 0 amide bonds. The highest BCUT2D eigenvalue weighted by molar-refractivity contribution is 8.13. The average Bonchev–Trinajstić information content (AvgIpc) is 2.05. The molecule has 0 aliphatic carbocycles. The molecule has 1 aliphatic rings. The van der Waals surface area contributed by atoms with Crippen molar-refractivity contribution < 1.29 is 9.59 Å². The van der Waals surface area contributed by atoms with Gasteiger partial charge in [-0.3, -0.25) is 9.59 Å². The Balaban J connectivity index is 2.48. The monoisotopic (exact) mass is 186 g/mol. The van der Waals surface area contributed by atoms with Gasteiger partial charge in [0.25, 0.3) is 0 Å². The first-order chi connectivity index (χ1) is 5.75. The fourth-order valence-electron chi connectivity index (χ4n) is 1.39. The van der Waals surface area contributed by atoms with Gasteiger partial charge in [-0.05, 0) is 19.3 Å². The lowest BCUT2D eigenvalue weighted by Crippen LogP contribution is -2.25. The molecule has 0 aromatic carbocycles. The smallest absolute Gasteiger partial charge is 0.199 e. The van der Waals surface area contributed by atoms with Crippen LogP contribution in [0.4, 0.5) is 0 Å². The number of hydrogen-bond acceptors (Lipinski definition) is 3. The summed E-state index contributed by atoms with van der Waals surface area (Å²) in [5.74, 6) is 0.771. The van der Waals surface area contributed by atoms with Crippen LogP contribution in [0.25, 0.3) is 0 Å². The second-order valence-electron chi connectivity index (χ2n) is 3.08. The van der Waals surface area contributed by atoms with Crippen LogP contribution in [0.2, 0.25) is 0 Å². The number of thioether (sulfide) groups is 1. The molecule has 1 aliphatic heterocycles. The molecule has 12 heavy (non-hydrogen) atoms. The van der Waals surface area contributed by atoms with E-state index < -0.39 is 0 Å². The molecule has 0 saturated carbocycles. The molecule has 1 fully saturated rings. The van der Waals surface area contributed by atoms with Crippen LogP contribution in [0.5, 0.6) is 0 Å². The first kappa shape index (κ1) is 9.78. The zero-order chi connectivity index (χ0) is 8.97. The molecule has 0 bridgehead atoms. The largest absolute Gasteiger partial charge is 0.299 e. The summed E-state index contributed by atoms with van der Waals surface area (Å²) >= 11 is 1.32. The molecule has 68 valence electrons. The Morgan fingerprint density at radius 2 is 2.42 bits per heavy atom. The minimum absolute atomic E-state index is 0.0969. The highest BCUT2D eigenvalue weighted by atomic mass is 32.2. The van der Waals surface area contributed by atoms with Gasteiger partial charge >= 0.3 is 0 Å². The predicted molar refractivity (Wildman–Crippen MR) is 50.1 cm³/mol. The first-order valence-electron chi connectivity index (χ1n) is 4.45. The van der Waals surface area contributed by atoms with E-state index in [9.17, 15) is 9.59 Å². The highest BCUT2D eigenvalue weighted by Crippen LogP contribution is 2.26. The normalized spacial score (nSPS) is 24.1. The summed E-state index contributed by atoms with van der Waals surface area (Å²) in [5, 5.41) is 0.0969. The quantitative estimate of drug-likeness (QED) is 0.632. The van der Waals surface area contributed by atoms with Crippen LogP contribution < -0.4 is 0 Å². The molecular formula is C9H14O2S. The Hall–Kier alpha value is -0.310. The Labute approximate surface area is 77.1 Å². The lowest BCUT2D eigenvalue weighted by molar-refractivity contribution is -0.129. The SMILES string of the molecule is CCCC(=O)C1CCCSC1=O. The van der Waals surface area contributed by atoms with Gasteiger partial charge in [0.1, 0.15) is 5.78 Å². The molecule has 0 spiro atoms. The standard InChI is InChI=1S/C9H14O2S/c1-2-4-8(10)7-5-3-6-12-9(7)11/h7H,2-6H2,1H3. The van der Waals surface area contributed by atoms with Gasteiger partial charge in [0.2, 0.25) is 0 Å². The topological polar surface area (TPSA) is 34.1 Å². The number of hydrogen-bond donors (Lipinski definition) is 0. The molecule has 0 aromatic heterocycles. The van der Waals surface area contributed by atoms with Crippen LogP contribution >= 0.6 is 11.8 Å². The van der Waals surface area contributed by atoms with Crippen molar-refractivity contribution in [2.24, 2.45) is 5.92 Å². The third kappa shape index (κ3) is 2.34. The second-order valence-corrected chi connectivity index (χ2v) is 4.18. The highest BCUT2D eigenvalue weighted by Gasteiger charge is 2.28. The first-order valence-corrected chi connectivity index (χ1v) is 5.43. The Kier molecular flexibility index (Phi) is 3.79. The van der Waals surface area contributed by atoms with Crippen LogP contribution in [-0.4, -0.2) is 16.7 Å². The van der Waals surface area contributed by atoms with Gasteiger partial charge in [0.15, 0.2) is 5.12 Å². The van der Waals surface area contributed by atoms with Crippen LogP contribution in [-0.2, 0) is 9.59 Å². The van der Waals surface area contributed by atoms with Crippen molar-refractivity contribution in [1.82, 2.24) is 0 Å². The van der Waals surface area contributed by atoms with Gasteiger partial charge < -0.3 is 0 Å². The van der Waals surface area contributed by atoms with E-state index in [0.717, 1.165) is 25.0 Å². The van der Waals surface area contributed by atoms with Gasteiger partial charge in [-0.15, -0.1) is 0 Å². The van der Waals surface area contributed by atoms with Gasteiger partial charge in [0.05, 0.1) is 5.92 Å². The van der Waals surface area contributed by atoms with E-state index in [-0.39, 0.29) is 16.8 Å². The molecular weight excluding hydrogens is 172 g/mol. The minimum atomic E-state index is -0.274. The molecule has 0 radical (unpaired) electrons. The predicted octanol–water partition coefficient (Wildman–Crippen LogP) is 2.03. The van der Waals surface area contributed by atoms with E-state index in [1.165, 1.54) is 11.8 Å². The zero-order valence-electron chi connectivity index (χ0n) is 7.34. The van der Waals surface area contributed by atoms with Crippen molar-refractivity contribution in [3.8, 4) is 0 Å². The van der Waals surface area contributed by atoms with Crippen molar-refractivity contribution in [1.29, 1.82) is 0 Å². The van der Waals surface area contributed by atoms with Crippen LogP contribution in [0.15, 0.2) is 0 Å². The van der Waals surface area contributed by atoms with Crippen molar-refractivity contribution in [2.45, 2.75) is 32.6 Å². The average molecular weight is 186 g/mol. The van der Waals surface area contributed by atoms with Gasteiger partial charge in [-0.25, -0.2) is 0 Å². The molecule has 3 heteroatoms. The molecule has 2 nitrogen and oxygen atoms in total. The maximum absolute atomic E-state index is 11.4.